The normalized spacial score (nSPS) is 21.2. The molecule has 1 aromatic heterocycles. The second kappa shape index (κ2) is 6.50. The van der Waals surface area contributed by atoms with Crippen molar-refractivity contribution in [1.29, 1.82) is 0 Å². The second-order valence-corrected chi connectivity index (χ2v) is 3.97. The van der Waals surface area contributed by atoms with E-state index in [-0.39, 0.29) is 4.90 Å². The molecular formula is C15H21N3O. The Bertz CT molecular complexity index is 728. The Balaban J connectivity index is 2.32. The Morgan fingerprint density at radius 3 is 2.79 bits per heavy atom. The monoisotopic (exact) mass is 267 g/mol. The highest BCUT2D eigenvalue weighted by atomic mass is 16.5. The average Bonchev–Trinajstić information content (AvgIpc) is 2.91. The maximum absolute atomic E-state index is 8.05. The summed E-state index contributed by atoms with van der Waals surface area (Å²) in [7, 11) is 1.69. The summed E-state index contributed by atoms with van der Waals surface area (Å²) in [6, 6.07) is 10.6. The first-order valence-corrected chi connectivity index (χ1v) is 5.79. The molecule has 0 saturated carbocycles. The SMILES string of the molecule is [2H]C([2H])([2H])N(C([2H])([2H])[2H])C([2H])([2H])COC(c1ccccc1)c1ccnn1C. The number of aryl methyl sites for hydroxylation is 1. The summed E-state index contributed by atoms with van der Waals surface area (Å²) in [6.07, 6.45) is 0.810. The summed E-state index contributed by atoms with van der Waals surface area (Å²) in [4.78, 5) is -0.113. The van der Waals surface area contributed by atoms with Crippen molar-refractivity contribution in [3.05, 3.63) is 53.9 Å². The molecule has 0 aliphatic heterocycles. The first kappa shape index (κ1) is 6.68. The van der Waals surface area contributed by atoms with Crippen molar-refractivity contribution >= 4 is 0 Å². The summed E-state index contributed by atoms with van der Waals surface area (Å²) in [5.41, 5.74) is 1.32. The van der Waals surface area contributed by atoms with Crippen LogP contribution in [0.1, 0.15) is 28.3 Å². The minimum absolute atomic E-state index is 0.113. The fourth-order valence-electron chi connectivity index (χ4n) is 1.81. The average molecular weight is 267 g/mol. The minimum atomic E-state index is -3.16. The third-order valence-corrected chi connectivity index (χ3v) is 2.70. The van der Waals surface area contributed by atoms with Gasteiger partial charge in [-0.25, -0.2) is 0 Å². The van der Waals surface area contributed by atoms with Crippen molar-refractivity contribution in [3.8, 4) is 0 Å². The number of ether oxygens (including phenoxy) is 1. The molecule has 0 bridgehead atoms. The maximum atomic E-state index is 8.05. The highest BCUT2D eigenvalue weighted by Crippen LogP contribution is 2.25. The Labute approximate surface area is 125 Å². The van der Waals surface area contributed by atoms with Crippen LogP contribution in [0.4, 0.5) is 0 Å². The van der Waals surface area contributed by atoms with E-state index in [1.165, 1.54) is 0 Å². The van der Waals surface area contributed by atoms with Crippen LogP contribution in [0.25, 0.3) is 0 Å². The Hall–Kier alpha value is -1.65. The molecule has 0 spiro atoms. The first-order chi connectivity index (χ1) is 12.3. The molecule has 0 aliphatic carbocycles. The van der Waals surface area contributed by atoms with Gasteiger partial charge in [-0.2, -0.15) is 5.10 Å². The van der Waals surface area contributed by atoms with E-state index >= 15 is 0 Å². The van der Waals surface area contributed by atoms with Crippen LogP contribution in [-0.4, -0.2) is 41.7 Å². The number of hydrogen-bond acceptors (Lipinski definition) is 3. The molecule has 0 radical (unpaired) electrons. The van der Waals surface area contributed by atoms with E-state index in [2.05, 4.69) is 5.10 Å². The molecule has 0 fully saturated rings. The van der Waals surface area contributed by atoms with Crippen molar-refractivity contribution in [2.45, 2.75) is 6.10 Å². The van der Waals surface area contributed by atoms with Gasteiger partial charge in [0.1, 0.15) is 6.10 Å². The molecule has 0 saturated heterocycles. The predicted octanol–water partition coefficient (Wildman–Crippen LogP) is 2.09. The van der Waals surface area contributed by atoms with Crippen LogP contribution in [0.3, 0.4) is 0 Å². The molecule has 1 atom stereocenters. The smallest absolute Gasteiger partial charge is 0.124 e. The van der Waals surface area contributed by atoms with Crippen LogP contribution in [0.2, 0.25) is 0 Å². The third kappa shape index (κ3) is 3.66. The van der Waals surface area contributed by atoms with Gasteiger partial charge in [-0.15, -0.1) is 0 Å². The molecule has 4 heteroatoms. The van der Waals surface area contributed by atoms with Crippen molar-refractivity contribution in [1.82, 2.24) is 14.7 Å². The van der Waals surface area contributed by atoms with E-state index in [4.69, 9.17) is 15.7 Å². The summed E-state index contributed by atoms with van der Waals surface area (Å²) in [6.45, 7) is -9.85. The number of rotatable bonds is 6. The van der Waals surface area contributed by atoms with Gasteiger partial charge < -0.3 is 9.64 Å². The largest absolute Gasteiger partial charge is 0.366 e. The number of benzene rings is 1. The molecule has 4 nitrogen and oxygen atoms in total. The van der Waals surface area contributed by atoms with Gasteiger partial charge in [0.25, 0.3) is 0 Å². The van der Waals surface area contributed by atoms with Crippen molar-refractivity contribution in [3.63, 3.8) is 0 Å². The molecule has 0 aliphatic rings. The molecule has 0 amide bonds. The summed E-state index contributed by atoms with van der Waals surface area (Å²) in [5.74, 6) is 0. The van der Waals surface area contributed by atoms with Crippen LogP contribution < -0.4 is 0 Å². The van der Waals surface area contributed by atoms with Gasteiger partial charge in [-0.3, -0.25) is 4.68 Å². The van der Waals surface area contributed by atoms with Crippen molar-refractivity contribution in [2.24, 2.45) is 7.05 Å². The summed E-state index contributed by atoms with van der Waals surface area (Å²) in [5, 5.41) is 4.07. The Kier molecular flexibility index (Phi) is 2.28. The summed E-state index contributed by atoms with van der Waals surface area (Å²) < 4.78 is 67.9. The zero-order valence-corrected chi connectivity index (χ0v) is 10.6. The highest BCUT2D eigenvalue weighted by Gasteiger charge is 2.17. The third-order valence-electron chi connectivity index (χ3n) is 2.70. The zero-order valence-electron chi connectivity index (χ0n) is 18.6. The molecule has 2 rings (SSSR count). The van der Waals surface area contributed by atoms with Crippen LogP contribution in [-0.2, 0) is 11.8 Å². The van der Waals surface area contributed by atoms with E-state index in [1.807, 2.05) is 6.07 Å². The van der Waals surface area contributed by atoms with Crippen molar-refractivity contribution < 1.29 is 15.7 Å². The van der Waals surface area contributed by atoms with Crippen LogP contribution in [0.15, 0.2) is 42.6 Å². The molecule has 0 N–H and O–H groups in total. The maximum Gasteiger partial charge on any atom is 0.124 e. The summed E-state index contributed by atoms with van der Waals surface area (Å²) >= 11 is 0. The number of nitrogens with zero attached hydrogens (tertiary/aromatic N) is 3. The van der Waals surface area contributed by atoms with Gasteiger partial charge in [-0.1, -0.05) is 30.3 Å². The van der Waals surface area contributed by atoms with Gasteiger partial charge in [-0.05, 0) is 25.6 Å². The lowest BCUT2D eigenvalue weighted by molar-refractivity contribution is 0.0638. The molecule has 19 heavy (non-hydrogen) atoms. The topological polar surface area (TPSA) is 30.3 Å². The van der Waals surface area contributed by atoms with Gasteiger partial charge in [0.2, 0.25) is 0 Å². The second-order valence-electron chi connectivity index (χ2n) is 3.97. The first-order valence-electron chi connectivity index (χ1n) is 9.79. The zero-order chi connectivity index (χ0) is 20.5. The van der Waals surface area contributed by atoms with E-state index in [0.717, 1.165) is 0 Å². The number of likely N-dealkylation sites (N-methyl/N-ethyl adjacent to an activating group) is 1. The lowest BCUT2D eigenvalue weighted by Crippen LogP contribution is -2.20. The van der Waals surface area contributed by atoms with E-state index in [9.17, 15) is 0 Å². The van der Waals surface area contributed by atoms with E-state index in [0.29, 0.717) is 11.3 Å². The lowest BCUT2D eigenvalue weighted by atomic mass is 10.1. The molecule has 1 aromatic carbocycles. The van der Waals surface area contributed by atoms with Crippen LogP contribution in [0.5, 0.6) is 0 Å². The molecule has 102 valence electrons. The van der Waals surface area contributed by atoms with Gasteiger partial charge in [0, 0.05) is 30.7 Å². The predicted molar refractivity (Wildman–Crippen MR) is 76.0 cm³/mol. The number of aromatic nitrogens is 2. The lowest BCUT2D eigenvalue weighted by Gasteiger charge is -2.20. The van der Waals surface area contributed by atoms with Crippen LogP contribution in [0, 0.1) is 0 Å². The fraction of sp³-hybridized carbons (Fsp3) is 0.400. The van der Waals surface area contributed by atoms with Crippen molar-refractivity contribution in [2.75, 3.05) is 27.1 Å². The van der Waals surface area contributed by atoms with Gasteiger partial charge in [0.15, 0.2) is 0 Å². The minimum Gasteiger partial charge on any atom is -0.366 e. The van der Waals surface area contributed by atoms with Gasteiger partial charge in [0.05, 0.1) is 12.3 Å². The van der Waals surface area contributed by atoms with E-state index in [1.54, 1.807) is 48.3 Å². The quantitative estimate of drug-likeness (QED) is 0.803. The van der Waals surface area contributed by atoms with Crippen LogP contribution >= 0.6 is 0 Å². The molecular weight excluding hydrogens is 238 g/mol. The molecule has 1 unspecified atom stereocenters. The van der Waals surface area contributed by atoms with E-state index < -0.39 is 33.2 Å². The Morgan fingerprint density at radius 1 is 1.37 bits per heavy atom. The number of hydrogen-bond donors (Lipinski definition) is 0. The molecule has 2 aromatic rings. The Morgan fingerprint density at radius 2 is 2.16 bits per heavy atom. The fourth-order valence-corrected chi connectivity index (χ4v) is 1.81. The molecule has 1 heterocycles. The van der Waals surface area contributed by atoms with Gasteiger partial charge >= 0.3 is 0 Å². The highest BCUT2D eigenvalue weighted by molar-refractivity contribution is 5.25. The standard InChI is InChI=1S/C15H21N3O/c1-17(2)11-12-19-15(13-7-5-4-6-8-13)14-9-10-16-18(14)3/h4-10,15H,11-12H2,1-3H3/i1D3,2D3,11D2.